The molecule has 0 aromatic heterocycles. The van der Waals surface area contributed by atoms with Crippen molar-refractivity contribution in [3.8, 4) is 5.75 Å². The third-order valence-corrected chi connectivity index (χ3v) is 7.21. The number of aliphatic hydroxyl groups is 1. The minimum Gasteiger partial charge on any atom is -0.487 e. The number of carboxylic acids is 1. The number of para-hydroxylation sites is 1. The summed E-state index contributed by atoms with van der Waals surface area (Å²) in [5.41, 5.74) is 2.71. The fourth-order valence-electron chi connectivity index (χ4n) is 5.40. The van der Waals surface area contributed by atoms with Crippen molar-refractivity contribution in [3.05, 3.63) is 58.6 Å². The average molecular weight is 443 g/mol. The highest BCUT2D eigenvalue weighted by atomic mass is 35.5. The Morgan fingerprint density at radius 1 is 1.16 bits per heavy atom. The highest BCUT2D eigenvalue weighted by Crippen LogP contribution is 2.42. The summed E-state index contributed by atoms with van der Waals surface area (Å²) in [4.78, 5) is 15.7. The van der Waals surface area contributed by atoms with Crippen LogP contribution < -0.4 is 9.64 Å². The Hall–Kier alpha value is -2.28. The number of nitrogens with zero attached hydrogens (tertiary/aromatic N) is 2. The van der Waals surface area contributed by atoms with E-state index < -0.39 is 12.1 Å². The van der Waals surface area contributed by atoms with Crippen LogP contribution in [0.5, 0.6) is 5.75 Å². The van der Waals surface area contributed by atoms with E-state index in [9.17, 15) is 15.0 Å². The number of aliphatic carboxylic acids is 1. The van der Waals surface area contributed by atoms with Crippen molar-refractivity contribution in [1.29, 1.82) is 0 Å². The Balaban J connectivity index is 1.25. The fraction of sp³-hybridized carbons (Fsp3) is 0.458. The second kappa shape index (κ2) is 8.01. The predicted molar refractivity (Wildman–Crippen MR) is 119 cm³/mol. The van der Waals surface area contributed by atoms with Gasteiger partial charge in [-0.1, -0.05) is 29.8 Å². The van der Waals surface area contributed by atoms with Crippen LogP contribution in [0.15, 0.2) is 42.5 Å². The van der Waals surface area contributed by atoms with Crippen molar-refractivity contribution in [2.24, 2.45) is 0 Å². The number of halogens is 1. The summed E-state index contributed by atoms with van der Waals surface area (Å²) in [5, 5.41) is 20.8. The summed E-state index contributed by atoms with van der Waals surface area (Å²) in [7, 11) is 0. The van der Waals surface area contributed by atoms with E-state index in [1.54, 1.807) is 0 Å². The van der Waals surface area contributed by atoms with E-state index in [-0.39, 0.29) is 18.1 Å². The second-order valence-corrected chi connectivity index (χ2v) is 9.43. The number of anilines is 1. The number of carboxylic acid groups (broad SMARTS) is 1. The molecule has 0 amide bonds. The number of hydrogen-bond acceptors (Lipinski definition) is 5. The Morgan fingerprint density at radius 3 is 2.71 bits per heavy atom. The van der Waals surface area contributed by atoms with Gasteiger partial charge in [0.2, 0.25) is 0 Å². The van der Waals surface area contributed by atoms with Crippen LogP contribution in [0, 0.1) is 0 Å². The molecule has 164 valence electrons. The Morgan fingerprint density at radius 2 is 1.94 bits per heavy atom. The number of ether oxygens (including phenoxy) is 1. The molecule has 2 N–H and O–H groups in total. The molecule has 2 aromatic rings. The zero-order chi connectivity index (χ0) is 21.6. The van der Waals surface area contributed by atoms with Crippen LogP contribution in [-0.4, -0.2) is 65.0 Å². The number of rotatable bonds is 4. The largest absolute Gasteiger partial charge is 0.487 e. The number of aliphatic hydroxyl groups excluding tert-OH is 1. The molecule has 7 heteroatoms. The number of benzene rings is 2. The lowest BCUT2D eigenvalue weighted by Gasteiger charge is -2.41. The first-order chi connectivity index (χ1) is 14.9. The zero-order valence-corrected chi connectivity index (χ0v) is 18.1. The molecule has 2 aromatic carbocycles. The van der Waals surface area contributed by atoms with Gasteiger partial charge in [-0.25, -0.2) is 0 Å². The van der Waals surface area contributed by atoms with Gasteiger partial charge in [0.15, 0.2) is 0 Å². The summed E-state index contributed by atoms with van der Waals surface area (Å²) >= 11 is 6.15. The molecule has 2 saturated heterocycles. The quantitative estimate of drug-likeness (QED) is 0.758. The van der Waals surface area contributed by atoms with Gasteiger partial charge in [0.25, 0.3) is 0 Å². The third kappa shape index (κ3) is 4.00. The highest BCUT2D eigenvalue weighted by molar-refractivity contribution is 6.30. The molecule has 31 heavy (non-hydrogen) atoms. The van der Waals surface area contributed by atoms with Gasteiger partial charge in [0.05, 0.1) is 18.6 Å². The van der Waals surface area contributed by atoms with Crippen LogP contribution in [-0.2, 0) is 17.6 Å². The number of piperidine rings is 1. The lowest BCUT2D eigenvalue weighted by atomic mass is 9.86. The van der Waals surface area contributed by atoms with E-state index in [2.05, 4.69) is 9.80 Å². The molecule has 3 aliphatic heterocycles. The summed E-state index contributed by atoms with van der Waals surface area (Å²) in [5.74, 6) is 0.101. The van der Waals surface area contributed by atoms with E-state index in [4.69, 9.17) is 16.3 Å². The molecule has 2 unspecified atom stereocenters. The number of β-amino-alcohol motifs (C(OH)–C–C–N with tert-alkyl or cyclic N) is 1. The minimum atomic E-state index is -0.844. The average Bonchev–Trinajstić information content (AvgIpc) is 3.28. The topological polar surface area (TPSA) is 73.2 Å². The molecule has 3 aliphatic rings. The van der Waals surface area contributed by atoms with Crippen molar-refractivity contribution in [1.82, 2.24) is 4.90 Å². The maximum absolute atomic E-state index is 11.2. The summed E-state index contributed by atoms with van der Waals surface area (Å²) in [6.07, 6.45) is 2.24. The van der Waals surface area contributed by atoms with Crippen LogP contribution >= 0.6 is 11.6 Å². The molecule has 2 fully saturated rings. The molecular weight excluding hydrogens is 416 g/mol. The van der Waals surface area contributed by atoms with Gasteiger partial charge in [-0.05, 0) is 35.4 Å². The Labute approximate surface area is 187 Å². The van der Waals surface area contributed by atoms with Crippen LogP contribution in [0.4, 0.5) is 5.69 Å². The van der Waals surface area contributed by atoms with Gasteiger partial charge in [0, 0.05) is 56.2 Å². The zero-order valence-electron chi connectivity index (χ0n) is 17.3. The van der Waals surface area contributed by atoms with Crippen LogP contribution in [0.25, 0.3) is 0 Å². The molecule has 0 aliphatic carbocycles. The van der Waals surface area contributed by atoms with Gasteiger partial charge in [-0.3, -0.25) is 9.69 Å². The SMILES string of the molecule is O=C(O)Cc1ccccc1N1CC(O)C(N2CCC3(CC2)Cc2cc(Cl)ccc2O3)C1. The van der Waals surface area contributed by atoms with Gasteiger partial charge in [0.1, 0.15) is 11.4 Å². The first-order valence-corrected chi connectivity index (χ1v) is 11.2. The van der Waals surface area contributed by atoms with Gasteiger partial charge in [-0.15, -0.1) is 0 Å². The third-order valence-electron chi connectivity index (χ3n) is 6.97. The molecule has 2 atom stereocenters. The maximum atomic E-state index is 11.2. The molecular formula is C24H27ClN2O4. The van der Waals surface area contributed by atoms with E-state index in [0.717, 1.165) is 54.4 Å². The molecule has 6 nitrogen and oxygen atoms in total. The van der Waals surface area contributed by atoms with Crippen molar-refractivity contribution in [2.75, 3.05) is 31.1 Å². The maximum Gasteiger partial charge on any atom is 0.307 e. The lowest BCUT2D eigenvalue weighted by molar-refractivity contribution is -0.136. The van der Waals surface area contributed by atoms with E-state index in [1.807, 2.05) is 42.5 Å². The smallest absolute Gasteiger partial charge is 0.307 e. The summed E-state index contributed by atoms with van der Waals surface area (Å²) in [6, 6.07) is 13.5. The monoisotopic (exact) mass is 442 g/mol. The number of hydrogen-bond donors (Lipinski definition) is 2. The van der Waals surface area contributed by atoms with Crippen molar-refractivity contribution >= 4 is 23.3 Å². The van der Waals surface area contributed by atoms with Crippen molar-refractivity contribution < 1.29 is 19.7 Å². The highest BCUT2D eigenvalue weighted by Gasteiger charge is 2.45. The van der Waals surface area contributed by atoms with Gasteiger partial charge >= 0.3 is 5.97 Å². The van der Waals surface area contributed by atoms with E-state index in [0.29, 0.717) is 13.1 Å². The normalized spacial score (nSPS) is 24.9. The second-order valence-electron chi connectivity index (χ2n) is 8.99. The molecule has 3 heterocycles. The summed E-state index contributed by atoms with van der Waals surface area (Å²) in [6.45, 7) is 2.95. The Kier molecular flexibility index (Phi) is 5.32. The molecule has 0 bridgehead atoms. The predicted octanol–water partition coefficient (Wildman–Crippen LogP) is 2.99. The molecule has 0 radical (unpaired) electrons. The van der Waals surface area contributed by atoms with Crippen LogP contribution in [0.2, 0.25) is 5.02 Å². The molecule has 1 spiro atoms. The number of fused-ring (bicyclic) bond motifs is 1. The molecule has 0 saturated carbocycles. The van der Waals surface area contributed by atoms with Gasteiger partial charge < -0.3 is 19.8 Å². The number of likely N-dealkylation sites (tertiary alicyclic amines) is 1. The standard InChI is InChI=1S/C24H27ClN2O4/c25-18-5-6-22-17(11-18)13-24(31-22)7-9-26(10-8-24)20-14-27(15-21(20)28)19-4-2-1-3-16(19)12-23(29)30/h1-6,11,20-21,28H,7-10,12-15H2,(H,29,30). The van der Waals surface area contributed by atoms with Crippen molar-refractivity contribution in [2.45, 2.75) is 43.4 Å². The lowest BCUT2D eigenvalue weighted by Crippen LogP contribution is -2.53. The van der Waals surface area contributed by atoms with E-state index in [1.165, 1.54) is 5.56 Å². The van der Waals surface area contributed by atoms with Crippen LogP contribution in [0.1, 0.15) is 24.0 Å². The molecule has 5 rings (SSSR count). The first-order valence-electron chi connectivity index (χ1n) is 10.9. The summed E-state index contributed by atoms with van der Waals surface area (Å²) < 4.78 is 6.36. The van der Waals surface area contributed by atoms with Crippen LogP contribution in [0.3, 0.4) is 0 Å². The van der Waals surface area contributed by atoms with Crippen molar-refractivity contribution in [3.63, 3.8) is 0 Å². The first kappa shape index (κ1) is 20.6. The number of carbonyl (C=O) groups is 1. The minimum absolute atomic E-state index is 0.0123. The van der Waals surface area contributed by atoms with E-state index >= 15 is 0 Å². The fourth-order valence-corrected chi connectivity index (χ4v) is 5.60. The Bertz CT molecular complexity index is 989. The van der Waals surface area contributed by atoms with Gasteiger partial charge in [-0.2, -0.15) is 0 Å².